The van der Waals surface area contributed by atoms with Gasteiger partial charge in [0.05, 0.1) is 0 Å². The van der Waals surface area contributed by atoms with E-state index >= 15 is 0 Å². The van der Waals surface area contributed by atoms with Gasteiger partial charge in [-0.2, -0.15) is 0 Å². The fraction of sp³-hybridized carbons (Fsp3) is 0.786. The molecule has 96 valence electrons. The number of likely N-dealkylation sites (tertiary alicyclic amines) is 1. The minimum Gasteiger partial charge on any atom is -0.339 e. The summed E-state index contributed by atoms with van der Waals surface area (Å²) in [6.07, 6.45) is 7.54. The van der Waals surface area contributed by atoms with Crippen LogP contribution in [0.5, 0.6) is 0 Å². The molecule has 1 saturated heterocycles. The van der Waals surface area contributed by atoms with Crippen molar-refractivity contribution in [3.8, 4) is 0 Å². The Balaban J connectivity index is 1.80. The molecule has 2 fully saturated rings. The van der Waals surface area contributed by atoms with Crippen LogP contribution in [0.15, 0.2) is 12.2 Å². The Hall–Kier alpha value is -0.830. The van der Waals surface area contributed by atoms with Crippen molar-refractivity contribution in [2.24, 2.45) is 11.3 Å². The highest BCUT2D eigenvalue weighted by molar-refractivity contribution is 5.87. The number of rotatable bonds is 3. The third kappa shape index (κ3) is 2.89. The minimum atomic E-state index is 0.197. The molecule has 0 aromatic carbocycles. The molecule has 0 unspecified atom stereocenters. The molecule has 1 aliphatic carbocycles. The maximum atomic E-state index is 12.0. The van der Waals surface area contributed by atoms with Crippen molar-refractivity contribution in [2.75, 3.05) is 33.7 Å². The summed E-state index contributed by atoms with van der Waals surface area (Å²) >= 11 is 0. The van der Waals surface area contributed by atoms with Crippen molar-refractivity contribution in [3.63, 3.8) is 0 Å². The second kappa shape index (κ2) is 4.81. The minimum absolute atomic E-state index is 0.197. The molecule has 1 amide bonds. The van der Waals surface area contributed by atoms with E-state index in [4.69, 9.17) is 0 Å². The van der Waals surface area contributed by atoms with Crippen molar-refractivity contribution < 1.29 is 4.79 Å². The Kier molecular flexibility index (Phi) is 3.57. The van der Waals surface area contributed by atoms with E-state index in [0.29, 0.717) is 5.41 Å². The van der Waals surface area contributed by atoms with Gasteiger partial charge in [-0.05, 0) is 44.7 Å². The van der Waals surface area contributed by atoms with Crippen LogP contribution in [0.3, 0.4) is 0 Å². The standard InChI is InChI=1S/C14H24N2O/c1-12-9-14(10-12)6-8-16(11-14)13(17)5-4-7-15(2)3/h4-5,12H,6-11H2,1-3H3/b5-4+. The van der Waals surface area contributed by atoms with Gasteiger partial charge < -0.3 is 9.80 Å². The average Bonchev–Trinajstić information content (AvgIpc) is 2.61. The molecule has 2 aliphatic rings. The Morgan fingerprint density at radius 3 is 2.76 bits per heavy atom. The first-order valence-electron chi connectivity index (χ1n) is 6.61. The Morgan fingerprint density at radius 1 is 1.47 bits per heavy atom. The van der Waals surface area contributed by atoms with E-state index in [-0.39, 0.29) is 5.91 Å². The zero-order chi connectivity index (χ0) is 12.5. The monoisotopic (exact) mass is 236 g/mol. The number of hydrogen-bond acceptors (Lipinski definition) is 2. The van der Waals surface area contributed by atoms with Crippen molar-refractivity contribution in [1.82, 2.24) is 9.80 Å². The Labute approximate surface area is 104 Å². The maximum Gasteiger partial charge on any atom is 0.246 e. The lowest BCUT2D eigenvalue weighted by molar-refractivity contribution is -0.125. The van der Waals surface area contributed by atoms with E-state index in [0.717, 1.165) is 25.6 Å². The van der Waals surface area contributed by atoms with E-state index in [2.05, 4.69) is 11.8 Å². The van der Waals surface area contributed by atoms with Crippen LogP contribution in [0.1, 0.15) is 26.2 Å². The fourth-order valence-corrected chi connectivity index (χ4v) is 3.34. The predicted octanol–water partition coefficient (Wildman–Crippen LogP) is 1.75. The molecule has 0 bridgehead atoms. The van der Waals surface area contributed by atoms with E-state index in [1.165, 1.54) is 19.3 Å². The number of nitrogens with zero attached hydrogens (tertiary/aromatic N) is 2. The van der Waals surface area contributed by atoms with Gasteiger partial charge in [0.2, 0.25) is 5.91 Å². The van der Waals surface area contributed by atoms with Crippen LogP contribution >= 0.6 is 0 Å². The summed E-state index contributed by atoms with van der Waals surface area (Å²) in [6, 6.07) is 0. The van der Waals surface area contributed by atoms with Crippen LogP contribution in [0.2, 0.25) is 0 Å². The number of likely N-dealkylation sites (N-methyl/N-ethyl adjacent to an activating group) is 1. The molecule has 3 nitrogen and oxygen atoms in total. The molecule has 1 heterocycles. The van der Waals surface area contributed by atoms with Gasteiger partial charge in [0.15, 0.2) is 0 Å². The van der Waals surface area contributed by atoms with E-state index in [9.17, 15) is 4.79 Å². The molecular formula is C14H24N2O. The van der Waals surface area contributed by atoms with Crippen LogP contribution in [-0.2, 0) is 4.79 Å². The molecule has 0 N–H and O–H groups in total. The highest BCUT2D eigenvalue weighted by Crippen LogP contribution is 2.51. The van der Waals surface area contributed by atoms with E-state index in [1.807, 2.05) is 25.1 Å². The number of carbonyl (C=O) groups excluding carboxylic acids is 1. The fourth-order valence-electron chi connectivity index (χ4n) is 3.34. The van der Waals surface area contributed by atoms with E-state index in [1.54, 1.807) is 6.08 Å². The molecule has 0 radical (unpaired) electrons. The zero-order valence-electron chi connectivity index (χ0n) is 11.3. The molecule has 17 heavy (non-hydrogen) atoms. The first-order chi connectivity index (χ1) is 8.01. The van der Waals surface area contributed by atoms with Gasteiger partial charge >= 0.3 is 0 Å². The quantitative estimate of drug-likeness (QED) is 0.697. The largest absolute Gasteiger partial charge is 0.339 e. The summed E-state index contributed by atoms with van der Waals surface area (Å²) in [7, 11) is 4.02. The molecule has 0 atom stereocenters. The lowest BCUT2D eigenvalue weighted by Crippen LogP contribution is -2.39. The third-order valence-electron chi connectivity index (χ3n) is 4.04. The highest BCUT2D eigenvalue weighted by Gasteiger charge is 2.47. The van der Waals surface area contributed by atoms with Crippen LogP contribution in [0.4, 0.5) is 0 Å². The van der Waals surface area contributed by atoms with Crippen LogP contribution < -0.4 is 0 Å². The average molecular weight is 236 g/mol. The van der Waals surface area contributed by atoms with Gasteiger partial charge in [0, 0.05) is 25.7 Å². The molecule has 1 spiro atoms. The third-order valence-corrected chi connectivity index (χ3v) is 4.04. The summed E-state index contributed by atoms with van der Waals surface area (Å²) < 4.78 is 0. The second-order valence-electron chi connectivity index (χ2n) is 6.19. The molecular weight excluding hydrogens is 212 g/mol. The lowest BCUT2D eigenvalue weighted by Gasteiger charge is -2.43. The van der Waals surface area contributed by atoms with Crippen LogP contribution in [0, 0.1) is 11.3 Å². The number of hydrogen-bond donors (Lipinski definition) is 0. The van der Waals surface area contributed by atoms with Crippen molar-refractivity contribution in [1.29, 1.82) is 0 Å². The van der Waals surface area contributed by atoms with Gasteiger partial charge in [-0.25, -0.2) is 0 Å². The molecule has 0 aromatic heterocycles. The number of amides is 1. The topological polar surface area (TPSA) is 23.6 Å². The van der Waals surface area contributed by atoms with Crippen molar-refractivity contribution in [2.45, 2.75) is 26.2 Å². The smallest absolute Gasteiger partial charge is 0.246 e. The van der Waals surface area contributed by atoms with Gasteiger partial charge in [0.1, 0.15) is 0 Å². The summed E-state index contributed by atoms with van der Waals surface area (Å²) in [5.74, 6) is 1.07. The summed E-state index contributed by atoms with van der Waals surface area (Å²) in [5, 5.41) is 0. The lowest BCUT2D eigenvalue weighted by atomic mass is 9.62. The number of carbonyl (C=O) groups is 1. The van der Waals surface area contributed by atoms with Crippen LogP contribution in [0.25, 0.3) is 0 Å². The highest BCUT2D eigenvalue weighted by atomic mass is 16.2. The summed E-state index contributed by atoms with van der Waals surface area (Å²) in [4.78, 5) is 16.0. The van der Waals surface area contributed by atoms with Crippen LogP contribution in [-0.4, -0.2) is 49.4 Å². The molecule has 1 saturated carbocycles. The first kappa shape index (κ1) is 12.6. The molecule has 0 aromatic rings. The van der Waals surface area contributed by atoms with Gasteiger partial charge in [-0.1, -0.05) is 13.0 Å². The molecule has 1 aliphatic heterocycles. The van der Waals surface area contributed by atoms with Crippen molar-refractivity contribution in [3.05, 3.63) is 12.2 Å². The van der Waals surface area contributed by atoms with E-state index < -0.39 is 0 Å². The normalized spacial score (nSPS) is 32.7. The Bertz CT molecular complexity index is 316. The second-order valence-corrected chi connectivity index (χ2v) is 6.19. The van der Waals surface area contributed by atoms with Gasteiger partial charge in [-0.3, -0.25) is 4.79 Å². The zero-order valence-corrected chi connectivity index (χ0v) is 11.3. The molecule has 2 rings (SSSR count). The van der Waals surface area contributed by atoms with Gasteiger partial charge in [-0.15, -0.1) is 0 Å². The Morgan fingerprint density at radius 2 is 2.18 bits per heavy atom. The summed E-state index contributed by atoms with van der Waals surface area (Å²) in [5.41, 5.74) is 0.491. The predicted molar refractivity (Wildman–Crippen MR) is 69.7 cm³/mol. The summed E-state index contributed by atoms with van der Waals surface area (Å²) in [6.45, 7) is 5.09. The SMILES string of the molecule is CC1CC2(CCN(C(=O)/C=C/CN(C)C)C2)C1. The molecule has 3 heteroatoms. The van der Waals surface area contributed by atoms with Crippen molar-refractivity contribution >= 4 is 5.91 Å². The maximum absolute atomic E-state index is 12.0. The van der Waals surface area contributed by atoms with Gasteiger partial charge in [0.25, 0.3) is 0 Å². The first-order valence-corrected chi connectivity index (χ1v) is 6.61.